The number of rotatable bonds is 4. The Hall–Kier alpha value is -1.36. The molecule has 1 aliphatic carbocycles. The fourth-order valence-electron chi connectivity index (χ4n) is 1.76. The first-order valence-electron chi connectivity index (χ1n) is 5.75. The van der Waals surface area contributed by atoms with Crippen LogP contribution in [-0.4, -0.2) is 22.5 Å². The molecule has 96 valence electrons. The lowest BCUT2D eigenvalue weighted by molar-refractivity contribution is -0.143. The van der Waals surface area contributed by atoms with Crippen molar-refractivity contribution in [2.75, 3.05) is 0 Å². The van der Waals surface area contributed by atoms with Crippen molar-refractivity contribution in [3.8, 4) is 0 Å². The van der Waals surface area contributed by atoms with Crippen LogP contribution in [0, 0.1) is 0 Å². The van der Waals surface area contributed by atoms with E-state index < -0.39 is 11.5 Å². The number of aliphatic carboxylic acids is 1. The summed E-state index contributed by atoms with van der Waals surface area (Å²) in [4.78, 5) is 23.0. The van der Waals surface area contributed by atoms with Crippen LogP contribution in [0.2, 0.25) is 0 Å². The summed E-state index contributed by atoms with van der Waals surface area (Å²) in [6.45, 7) is 1.77. The maximum atomic E-state index is 12.0. The molecule has 1 aromatic rings. The molecule has 1 amide bonds. The van der Waals surface area contributed by atoms with Crippen molar-refractivity contribution in [2.24, 2.45) is 0 Å². The SMILES string of the molecule is CC(C(=O)NC1(C(=O)O)CC1)c1ccc(Br)cc1. The van der Waals surface area contributed by atoms with Crippen LogP contribution in [-0.2, 0) is 9.59 Å². The fraction of sp³-hybridized carbons (Fsp3) is 0.385. The number of nitrogens with one attached hydrogen (secondary N) is 1. The third-order valence-electron chi connectivity index (χ3n) is 3.29. The Bertz CT molecular complexity index is 480. The van der Waals surface area contributed by atoms with E-state index in [0.29, 0.717) is 12.8 Å². The van der Waals surface area contributed by atoms with Crippen LogP contribution in [0.5, 0.6) is 0 Å². The lowest BCUT2D eigenvalue weighted by atomic mass is 10.00. The molecule has 18 heavy (non-hydrogen) atoms. The Balaban J connectivity index is 2.05. The van der Waals surface area contributed by atoms with Gasteiger partial charge >= 0.3 is 5.97 Å². The van der Waals surface area contributed by atoms with Gasteiger partial charge in [-0.1, -0.05) is 28.1 Å². The average Bonchev–Trinajstić information content (AvgIpc) is 3.10. The van der Waals surface area contributed by atoms with Gasteiger partial charge in [0, 0.05) is 4.47 Å². The van der Waals surface area contributed by atoms with Crippen molar-refractivity contribution in [1.29, 1.82) is 0 Å². The van der Waals surface area contributed by atoms with Gasteiger partial charge in [-0.3, -0.25) is 4.79 Å². The van der Waals surface area contributed by atoms with Crippen LogP contribution in [0.3, 0.4) is 0 Å². The summed E-state index contributed by atoms with van der Waals surface area (Å²) in [5, 5.41) is 11.6. The van der Waals surface area contributed by atoms with Crippen molar-refractivity contribution in [2.45, 2.75) is 31.2 Å². The lowest BCUT2D eigenvalue weighted by Crippen LogP contribution is -2.44. The van der Waals surface area contributed by atoms with E-state index in [9.17, 15) is 9.59 Å². The van der Waals surface area contributed by atoms with Crippen molar-refractivity contribution in [3.05, 3.63) is 34.3 Å². The Morgan fingerprint density at radius 1 is 1.33 bits per heavy atom. The van der Waals surface area contributed by atoms with Crippen LogP contribution in [0.1, 0.15) is 31.2 Å². The van der Waals surface area contributed by atoms with Gasteiger partial charge in [0.2, 0.25) is 5.91 Å². The number of amides is 1. The van der Waals surface area contributed by atoms with Gasteiger partial charge in [-0.15, -0.1) is 0 Å². The van der Waals surface area contributed by atoms with Gasteiger partial charge in [0.25, 0.3) is 0 Å². The molecule has 1 atom stereocenters. The number of hydrogen-bond donors (Lipinski definition) is 2. The van der Waals surface area contributed by atoms with Crippen molar-refractivity contribution >= 4 is 27.8 Å². The zero-order valence-electron chi connectivity index (χ0n) is 9.94. The first-order valence-corrected chi connectivity index (χ1v) is 6.55. The van der Waals surface area contributed by atoms with Crippen LogP contribution in [0.25, 0.3) is 0 Å². The van der Waals surface area contributed by atoms with Gasteiger partial charge in [0.15, 0.2) is 0 Å². The van der Waals surface area contributed by atoms with E-state index in [1.54, 1.807) is 6.92 Å². The molecule has 4 nitrogen and oxygen atoms in total. The highest BCUT2D eigenvalue weighted by molar-refractivity contribution is 9.10. The topological polar surface area (TPSA) is 66.4 Å². The molecule has 1 aromatic carbocycles. The highest BCUT2D eigenvalue weighted by Gasteiger charge is 2.52. The molecule has 0 spiro atoms. The van der Waals surface area contributed by atoms with Crippen molar-refractivity contribution in [3.63, 3.8) is 0 Å². The zero-order valence-corrected chi connectivity index (χ0v) is 11.5. The first-order chi connectivity index (χ1) is 8.44. The number of benzene rings is 1. The quantitative estimate of drug-likeness (QED) is 0.896. The van der Waals surface area contributed by atoms with E-state index in [0.717, 1.165) is 10.0 Å². The molecule has 1 aliphatic rings. The van der Waals surface area contributed by atoms with Crippen LogP contribution in [0.4, 0.5) is 0 Å². The fourth-order valence-corrected chi connectivity index (χ4v) is 2.03. The van der Waals surface area contributed by atoms with Crippen LogP contribution >= 0.6 is 15.9 Å². The molecule has 0 bridgehead atoms. The highest BCUT2D eigenvalue weighted by atomic mass is 79.9. The molecule has 0 aromatic heterocycles. The monoisotopic (exact) mass is 311 g/mol. The zero-order chi connectivity index (χ0) is 13.3. The predicted molar refractivity (Wildman–Crippen MR) is 70.3 cm³/mol. The van der Waals surface area contributed by atoms with E-state index in [1.165, 1.54) is 0 Å². The molecule has 0 heterocycles. The minimum Gasteiger partial charge on any atom is -0.480 e. The van der Waals surface area contributed by atoms with E-state index in [1.807, 2.05) is 24.3 Å². The van der Waals surface area contributed by atoms with Crippen LogP contribution < -0.4 is 5.32 Å². The molecule has 0 saturated heterocycles. The Morgan fingerprint density at radius 2 is 1.89 bits per heavy atom. The summed E-state index contributed by atoms with van der Waals surface area (Å²) in [6.07, 6.45) is 1.03. The third kappa shape index (κ3) is 2.56. The second-order valence-corrected chi connectivity index (χ2v) is 5.57. The summed E-state index contributed by atoms with van der Waals surface area (Å²) in [5.41, 5.74) is -0.141. The normalized spacial score (nSPS) is 17.9. The van der Waals surface area contributed by atoms with Crippen LogP contribution in [0.15, 0.2) is 28.7 Å². The van der Waals surface area contributed by atoms with E-state index >= 15 is 0 Å². The molecule has 1 saturated carbocycles. The molecule has 2 rings (SSSR count). The molecular weight excluding hydrogens is 298 g/mol. The number of halogens is 1. The van der Waals surface area contributed by atoms with E-state index in [-0.39, 0.29) is 11.8 Å². The van der Waals surface area contributed by atoms with E-state index in [2.05, 4.69) is 21.2 Å². The van der Waals surface area contributed by atoms with E-state index in [4.69, 9.17) is 5.11 Å². The number of carbonyl (C=O) groups excluding carboxylic acids is 1. The third-order valence-corrected chi connectivity index (χ3v) is 3.81. The average molecular weight is 312 g/mol. The minimum atomic E-state index is -1.01. The summed E-state index contributed by atoms with van der Waals surface area (Å²) in [5.74, 6) is -1.54. The van der Waals surface area contributed by atoms with Crippen molar-refractivity contribution < 1.29 is 14.7 Å². The largest absolute Gasteiger partial charge is 0.480 e. The first kappa shape index (κ1) is 13.1. The maximum absolute atomic E-state index is 12.0. The number of carboxylic acids is 1. The summed E-state index contributed by atoms with van der Waals surface area (Å²) >= 11 is 3.33. The Kier molecular flexibility index (Phi) is 3.43. The smallest absolute Gasteiger partial charge is 0.329 e. The molecule has 0 radical (unpaired) electrons. The Labute approximate surface area is 114 Å². The van der Waals surface area contributed by atoms with Gasteiger partial charge in [0.1, 0.15) is 5.54 Å². The predicted octanol–water partition coefficient (Wildman–Crippen LogP) is 2.29. The van der Waals surface area contributed by atoms with Gasteiger partial charge in [-0.2, -0.15) is 0 Å². The number of hydrogen-bond acceptors (Lipinski definition) is 2. The van der Waals surface area contributed by atoms with Crippen molar-refractivity contribution in [1.82, 2.24) is 5.32 Å². The lowest BCUT2D eigenvalue weighted by Gasteiger charge is -2.17. The molecule has 5 heteroatoms. The van der Waals surface area contributed by atoms with Gasteiger partial charge < -0.3 is 10.4 Å². The molecule has 1 unspecified atom stereocenters. The minimum absolute atomic E-state index is 0.239. The highest BCUT2D eigenvalue weighted by Crippen LogP contribution is 2.36. The molecule has 2 N–H and O–H groups in total. The summed E-state index contributed by atoms with van der Waals surface area (Å²) < 4.78 is 0.947. The second-order valence-electron chi connectivity index (χ2n) is 4.65. The van der Waals surface area contributed by atoms with Gasteiger partial charge in [0.05, 0.1) is 5.92 Å². The number of carboxylic acid groups (broad SMARTS) is 1. The van der Waals surface area contributed by atoms with Gasteiger partial charge in [-0.05, 0) is 37.5 Å². The standard InChI is InChI=1S/C13H14BrNO3/c1-8(9-2-4-10(14)5-3-9)11(16)15-13(6-7-13)12(17)18/h2-5,8H,6-7H2,1H3,(H,15,16)(H,17,18). The molecular formula is C13H14BrNO3. The summed E-state index contributed by atoms with van der Waals surface area (Å²) in [6, 6.07) is 7.44. The number of carbonyl (C=O) groups is 2. The Morgan fingerprint density at radius 3 is 2.33 bits per heavy atom. The molecule has 0 aliphatic heterocycles. The summed E-state index contributed by atoms with van der Waals surface area (Å²) in [7, 11) is 0. The second kappa shape index (κ2) is 4.72. The molecule has 1 fully saturated rings. The maximum Gasteiger partial charge on any atom is 0.329 e. The van der Waals surface area contributed by atoms with Gasteiger partial charge in [-0.25, -0.2) is 4.79 Å².